The molecule has 22 heavy (non-hydrogen) atoms. The Morgan fingerprint density at radius 3 is 2.64 bits per heavy atom. The van der Waals surface area contributed by atoms with Crippen molar-refractivity contribution in [2.45, 2.75) is 19.9 Å². The highest BCUT2D eigenvalue weighted by Gasteiger charge is 2.14. The molecular weight excluding hydrogens is 290 g/mol. The number of para-hydroxylation sites is 1. The molecule has 0 unspecified atom stereocenters. The maximum Gasteiger partial charge on any atom is 0.107 e. The quantitative estimate of drug-likeness (QED) is 0.671. The minimum atomic E-state index is 0.925. The smallest absolute Gasteiger partial charge is 0.107 e. The summed E-state index contributed by atoms with van der Waals surface area (Å²) < 4.78 is 1.99. The van der Waals surface area contributed by atoms with E-state index in [1.54, 1.807) is 11.3 Å². The van der Waals surface area contributed by atoms with Crippen LogP contribution in [-0.4, -0.2) is 28.3 Å². The molecule has 114 valence electrons. The highest BCUT2D eigenvalue weighted by Crippen LogP contribution is 2.28. The van der Waals surface area contributed by atoms with Crippen molar-refractivity contribution in [3.63, 3.8) is 0 Å². The van der Waals surface area contributed by atoms with Crippen LogP contribution in [0.1, 0.15) is 18.9 Å². The van der Waals surface area contributed by atoms with Crippen LogP contribution in [0, 0.1) is 0 Å². The normalized spacial score (nSPS) is 11.2. The van der Waals surface area contributed by atoms with E-state index in [2.05, 4.69) is 54.7 Å². The minimum Gasteiger partial charge on any atom is -0.302 e. The van der Waals surface area contributed by atoms with Gasteiger partial charge in [0.15, 0.2) is 0 Å². The summed E-state index contributed by atoms with van der Waals surface area (Å²) in [5.41, 5.74) is 3.48. The maximum absolute atomic E-state index is 4.84. The molecule has 0 saturated heterocycles. The second kappa shape index (κ2) is 6.90. The first-order valence-corrected chi connectivity index (χ1v) is 8.52. The SMILES string of the molecule is CCCN(C)Cc1cn(-c2ccccc2)nc1-c1cccs1. The zero-order valence-corrected chi connectivity index (χ0v) is 13.9. The van der Waals surface area contributed by atoms with E-state index in [4.69, 9.17) is 5.10 Å². The molecule has 0 radical (unpaired) electrons. The lowest BCUT2D eigenvalue weighted by molar-refractivity contribution is 0.328. The average Bonchev–Trinajstić information content (AvgIpc) is 3.17. The number of benzene rings is 1. The zero-order valence-electron chi connectivity index (χ0n) is 13.1. The van der Waals surface area contributed by atoms with Crippen molar-refractivity contribution in [1.29, 1.82) is 0 Å². The summed E-state index contributed by atoms with van der Waals surface area (Å²) in [4.78, 5) is 3.58. The Labute approximate surface area is 135 Å². The number of hydrogen-bond acceptors (Lipinski definition) is 3. The monoisotopic (exact) mass is 311 g/mol. The topological polar surface area (TPSA) is 21.1 Å². The predicted molar refractivity (Wildman–Crippen MR) is 93.5 cm³/mol. The van der Waals surface area contributed by atoms with E-state index in [1.807, 2.05) is 22.9 Å². The van der Waals surface area contributed by atoms with Crippen LogP contribution in [0.4, 0.5) is 0 Å². The Hall–Kier alpha value is -1.91. The molecule has 0 bridgehead atoms. The lowest BCUT2D eigenvalue weighted by atomic mass is 10.2. The van der Waals surface area contributed by atoms with Crippen molar-refractivity contribution in [1.82, 2.24) is 14.7 Å². The summed E-state index contributed by atoms with van der Waals surface area (Å²) in [6.07, 6.45) is 3.33. The molecule has 3 aromatic rings. The van der Waals surface area contributed by atoms with Crippen LogP contribution >= 0.6 is 11.3 Å². The number of thiophene rings is 1. The molecule has 4 heteroatoms. The fourth-order valence-corrected chi connectivity index (χ4v) is 3.36. The number of hydrogen-bond donors (Lipinski definition) is 0. The van der Waals surface area contributed by atoms with E-state index < -0.39 is 0 Å². The standard InChI is InChI=1S/C18H21N3S/c1-3-11-20(2)13-15-14-21(16-8-5-4-6-9-16)19-18(15)17-10-7-12-22-17/h4-10,12,14H,3,11,13H2,1-2H3. The van der Waals surface area contributed by atoms with Crippen LogP contribution in [0.3, 0.4) is 0 Å². The van der Waals surface area contributed by atoms with Gasteiger partial charge in [0, 0.05) is 18.3 Å². The second-order valence-corrected chi connectivity index (χ2v) is 6.45. The Bertz CT molecular complexity index is 701. The van der Waals surface area contributed by atoms with Gasteiger partial charge in [-0.25, -0.2) is 4.68 Å². The minimum absolute atomic E-state index is 0.925. The summed E-state index contributed by atoms with van der Waals surface area (Å²) in [6, 6.07) is 14.5. The van der Waals surface area contributed by atoms with Crippen LogP contribution in [-0.2, 0) is 6.54 Å². The van der Waals surface area contributed by atoms with E-state index in [-0.39, 0.29) is 0 Å². The molecule has 0 N–H and O–H groups in total. The van der Waals surface area contributed by atoms with Crippen molar-refractivity contribution in [2.75, 3.05) is 13.6 Å². The number of aromatic nitrogens is 2. The van der Waals surface area contributed by atoms with Gasteiger partial charge in [0.05, 0.1) is 10.6 Å². The van der Waals surface area contributed by atoms with Crippen molar-refractivity contribution in [3.8, 4) is 16.3 Å². The van der Waals surface area contributed by atoms with Crippen LogP contribution in [0.15, 0.2) is 54.0 Å². The first-order chi connectivity index (χ1) is 10.8. The number of nitrogens with zero attached hydrogens (tertiary/aromatic N) is 3. The Morgan fingerprint density at radius 2 is 1.95 bits per heavy atom. The molecule has 3 nitrogen and oxygen atoms in total. The lowest BCUT2D eigenvalue weighted by Crippen LogP contribution is -2.18. The van der Waals surface area contributed by atoms with Gasteiger partial charge >= 0.3 is 0 Å². The summed E-state index contributed by atoms with van der Waals surface area (Å²) in [5, 5.41) is 6.94. The maximum atomic E-state index is 4.84. The van der Waals surface area contributed by atoms with Crippen LogP contribution in [0.5, 0.6) is 0 Å². The largest absolute Gasteiger partial charge is 0.302 e. The third-order valence-electron chi connectivity index (χ3n) is 3.61. The Balaban J connectivity index is 1.97. The second-order valence-electron chi connectivity index (χ2n) is 5.50. The molecule has 0 aliphatic carbocycles. The van der Waals surface area contributed by atoms with Crippen LogP contribution in [0.2, 0.25) is 0 Å². The fourth-order valence-electron chi connectivity index (χ4n) is 2.61. The van der Waals surface area contributed by atoms with E-state index in [0.29, 0.717) is 0 Å². The summed E-state index contributed by atoms with van der Waals surface area (Å²) in [6.45, 7) is 4.23. The molecule has 1 aromatic carbocycles. The van der Waals surface area contributed by atoms with Gasteiger partial charge in [-0.15, -0.1) is 11.3 Å². The van der Waals surface area contributed by atoms with Crippen molar-refractivity contribution >= 4 is 11.3 Å². The molecule has 0 amide bonds. The molecular formula is C18H21N3S. The molecule has 2 aromatic heterocycles. The fraction of sp³-hybridized carbons (Fsp3) is 0.278. The zero-order chi connectivity index (χ0) is 15.4. The number of rotatable bonds is 6. The van der Waals surface area contributed by atoms with Gasteiger partial charge in [0.2, 0.25) is 0 Å². The van der Waals surface area contributed by atoms with Gasteiger partial charge in [-0.2, -0.15) is 5.10 Å². The van der Waals surface area contributed by atoms with Gasteiger partial charge in [-0.05, 0) is 43.6 Å². The van der Waals surface area contributed by atoms with Gasteiger partial charge in [-0.3, -0.25) is 0 Å². The average molecular weight is 311 g/mol. The molecule has 3 rings (SSSR count). The van der Waals surface area contributed by atoms with Crippen LogP contribution in [0.25, 0.3) is 16.3 Å². The van der Waals surface area contributed by atoms with Gasteiger partial charge in [-0.1, -0.05) is 31.2 Å². The third-order valence-corrected chi connectivity index (χ3v) is 4.49. The van der Waals surface area contributed by atoms with Gasteiger partial charge < -0.3 is 4.90 Å². The first kappa shape index (κ1) is 15.0. The van der Waals surface area contributed by atoms with E-state index in [9.17, 15) is 0 Å². The first-order valence-electron chi connectivity index (χ1n) is 7.64. The molecule has 0 aliphatic rings. The summed E-state index contributed by atoms with van der Waals surface area (Å²) >= 11 is 1.74. The van der Waals surface area contributed by atoms with Crippen molar-refractivity contribution in [3.05, 3.63) is 59.6 Å². The van der Waals surface area contributed by atoms with Gasteiger partial charge in [0.25, 0.3) is 0 Å². The molecule has 0 aliphatic heterocycles. The molecule has 0 saturated carbocycles. The Morgan fingerprint density at radius 1 is 1.14 bits per heavy atom. The van der Waals surface area contributed by atoms with Gasteiger partial charge in [0.1, 0.15) is 5.69 Å². The Kier molecular flexibility index (Phi) is 4.71. The predicted octanol–water partition coefficient (Wildman–Crippen LogP) is 4.44. The lowest BCUT2D eigenvalue weighted by Gasteiger charge is -2.14. The molecule has 0 atom stereocenters. The van der Waals surface area contributed by atoms with E-state index in [0.717, 1.165) is 30.9 Å². The van der Waals surface area contributed by atoms with E-state index in [1.165, 1.54) is 10.4 Å². The van der Waals surface area contributed by atoms with Crippen molar-refractivity contribution in [2.24, 2.45) is 0 Å². The molecule has 2 heterocycles. The molecule has 0 spiro atoms. The van der Waals surface area contributed by atoms with E-state index >= 15 is 0 Å². The van der Waals surface area contributed by atoms with Crippen molar-refractivity contribution < 1.29 is 0 Å². The third kappa shape index (κ3) is 3.29. The molecule has 0 fully saturated rings. The summed E-state index contributed by atoms with van der Waals surface area (Å²) in [7, 11) is 2.17. The highest BCUT2D eigenvalue weighted by atomic mass is 32.1. The van der Waals surface area contributed by atoms with Crippen LogP contribution < -0.4 is 0 Å². The highest BCUT2D eigenvalue weighted by molar-refractivity contribution is 7.13. The summed E-state index contributed by atoms with van der Waals surface area (Å²) in [5.74, 6) is 0.